The highest BCUT2D eigenvalue weighted by Crippen LogP contribution is 2.54. The van der Waals surface area contributed by atoms with E-state index in [4.69, 9.17) is 11.6 Å². The molecule has 0 radical (unpaired) electrons. The second kappa shape index (κ2) is 3.97. The molecular formula is C14H17ClO2S. The summed E-state index contributed by atoms with van der Waals surface area (Å²) in [4.78, 5) is 0.207. The van der Waals surface area contributed by atoms with Gasteiger partial charge in [-0.3, -0.25) is 0 Å². The maximum absolute atomic E-state index is 12.6. The van der Waals surface area contributed by atoms with Crippen LogP contribution < -0.4 is 0 Å². The molecule has 0 saturated heterocycles. The molecule has 3 rings (SSSR count). The number of hydrogen-bond acceptors (Lipinski definition) is 2. The van der Waals surface area contributed by atoms with Crippen LogP contribution in [0.1, 0.15) is 31.2 Å². The minimum atomic E-state index is -3.21. The molecule has 2 saturated carbocycles. The van der Waals surface area contributed by atoms with Crippen molar-refractivity contribution in [2.45, 2.75) is 47.6 Å². The van der Waals surface area contributed by atoms with Crippen molar-refractivity contribution in [3.63, 3.8) is 0 Å². The van der Waals surface area contributed by atoms with E-state index in [1.807, 2.05) is 19.1 Å². The van der Waals surface area contributed by atoms with E-state index in [-0.39, 0.29) is 16.0 Å². The minimum absolute atomic E-state index is 0.243. The minimum Gasteiger partial charge on any atom is -0.223 e. The van der Waals surface area contributed by atoms with E-state index in [0.29, 0.717) is 11.3 Å². The molecule has 2 aliphatic rings. The van der Waals surface area contributed by atoms with E-state index >= 15 is 0 Å². The molecule has 2 bridgehead atoms. The second-order valence-corrected chi connectivity index (χ2v) is 8.72. The van der Waals surface area contributed by atoms with Gasteiger partial charge in [0.25, 0.3) is 0 Å². The molecule has 3 atom stereocenters. The van der Waals surface area contributed by atoms with Crippen molar-refractivity contribution in [3.05, 3.63) is 29.8 Å². The Kier molecular flexibility index (Phi) is 2.76. The molecule has 0 N–H and O–H groups in total. The average Bonchev–Trinajstić information content (AvgIpc) is 2.85. The number of aryl methyl sites for hydroxylation is 1. The lowest BCUT2D eigenvalue weighted by molar-refractivity contribution is 0.476. The van der Waals surface area contributed by atoms with Gasteiger partial charge in [0.1, 0.15) is 0 Å². The predicted octanol–water partition coefficient (Wildman–Crippen LogP) is 3.32. The number of benzene rings is 1. The maximum atomic E-state index is 12.6. The SMILES string of the molecule is Cc1ccc(S(=O)(=O)[C@@H]2C[C@@]3(Cl)CC[C@H]2C3)cc1. The van der Waals surface area contributed by atoms with Gasteiger partial charge in [-0.05, 0) is 50.7 Å². The molecule has 0 aliphatic heterocycles. The molecule has 0 heterocycles. The lowest BCUT2D eigenvalue weighted by atomic mass is 10.00. The molecule has 4 heteroatoms. The molecule has 18 heavy (non-hydrogen) atoms. The Hall–Kier alpha value is -0.540. The van der Waals surface area contributed by atoms with Gasteiger partial charge in [0.15, 0.2) is 9.84 Å². The Morgan fingerprint density at radius 2 is 1.89 bits per heavy atom. The normalized spacial score (nSPS) is 35.0. The van der Waals surface area contributed by atoms with Crippen LogP contribution in [0.2, 0.25) is 0 Å². The van der Waals surface area contributed by atoms with Gasteiger partial charge in [-0.2, -0.15) is 0 Å². The molecule has 0 unspecified atom stereocenters. The summed E-state index contributed by atoms with van der Waals surface area (Å²) >= 11 is 6.45. The highest BCUT2D eigenvalue weighted by Gasteiger charge is 2.54. The van der Waals surface area contributed by atoms with E-state index in [1.165, 1.54) is 0 Å². The van der Waals surface area contributed by atoms with E-state index in [0.717, 1.165) is 24.8 Å². The summed E-state index contributed by atoms with van der Waals surface area (Å²) in [5.41, 5.74) is 1.08. The highest BCUT2D eigenvalue weighted by atomic mass is 35.5. The van der Waals surface area contributed by atoms with E-state index in [9.17, 15) is 8.42 Å². The van der Waals surface area contributed by atoms with Crippen LogP contribution >= 0.6 is 11.6 Å². The Balaban J connectivity index is 1.94. The van der Waals surface area contributed by atoms with Crippen LogP contribution in [0.4, 0.5) is 0 Å². The first kappa shape index (κ1) is 12.5. The van der Waals surface area contributed by atoms with Crippen LogP contribution in [0, 0.1) is 12.8 Å². The maximum Gasteiger partial charge on any atom is 0.181 e. The molecule has 0 amide bonds. The topological polar surface area (TPSA) is 34.1 Å². The molecule has 1 aromatic carbocycles. The Labute approximate surface area is 113 Å². The number of fused-ring (bicyclic) bond motifs is 2. The van der Waals surface area contributed by atoms with Crippen molar-refractivity contribution in [2.24, 2.45) is 5.92 Å². The number of rotatable bonds is 2. The Morgan fingerprint density at radius 1 is 1.22 bits per heavy atom. The molecular weight excluding hydrogens is 268 g/mol. The average molecular weight is 285 g/mol. The third-order valence-corrected chi connectivity index (χ3v) is 7.21. The Morgan fingerprint density at radius 3 is 2.39 bits per heavy atom. The Bertz CT molecular complexity index is 564. The molecule has 2 fully saturated rings. The number of hydrogen-bond donors (Lipinski definition) is 0. The number of sulfone groups is 1. The smallest absolute Gasteiger partial charge is 0.181 e. The van der Waals surface area contributed by atoms with Crippen molar-refractivity contribution < 1.29 is 8.42 Å². The zero-order chi connectivity index (χ0) is 13.0. The first-order valence-corrected chi connectivity index (χ1v) is 8.33. The molecule has 0 spiro atoms. The van der Waals surface area contributed by atoms with Crippen LogP contribution in [-0.2, 0) is 9.84 Å². The third-order valence-electron chi connectivity index (χ3n) is 4.43. The van der Waals surface area contributed by atoms with E-state index in [2.05, 4.69) is 0 Å². The summed E-state index contributed by atoms with van der Waals surface area (Å²) in [7, 11) is -3.21. The second-order valence-electron chi connectivity index (χ2n) is 5.75. The summed E-state index contributed by atoms with van der Waals surface area (Å²) in [6.07, 6.45) is 3.41. The predicted molar refractivity (Wildman–Crippen MR) is 72.7 cm³/mol. The number of alkyl halides is 1. The van der Waals surface area contributed by atoms with Crippen LogP contribution in [0.5, 0.6) is 0 Å². The highest BCUT2D eigenvalue weighted by molar-refractivity contribution is 7.92. The zero-order valence-corrected chi connectivity index (χ0v) is 12.0. The van der Waals surface area contributed by atoms with Crippen LogP contribution in [0.25, 0.3) is 0 Å². The van der Waals surface area contributed by atoms with Gasteiger partial charge < -0.3 is 0 Å². The van der Waals surface area contributed by atoms with Gasteiger partial charge >= 0.3 is 0 Å². The van der Waals surface area contributed by atoms with Gasteiger partial charge in [0.05, 0.1) is 10.1 Å². The van der Waals surface area contributed by atoms with Crippen LogP contribution in [0.15, 0.2) is 29.2 Å². The van der Waals surface area contributed by atoms with Gasteiger partial charge in [0, 0.05) is 4.87 Å². The molecule has 98 valence electrons. The van der Waals surface area contributed by atoms with Crippen molar-refractivity contribution in [1.29, 1.82) is 0 Å². The summed E-state index contributed by atoms with van der Waals surface area (Å²) in [6, 6.07) is 7.15. The monoisotopic (exact) mass is 284 g/mol. The number of halogens is 1. The van der Waals surface area contributed by atoms with Crippen molar-refractivity contribution >= 4 is 21.4 Å². The third kappa shape index (κ3) is 1.88. The lowest BCUT2D eigenvalue weighted by Gasteiger charge is -2.24. The van der Waals surface area contributed by atoms with Gasteiger partial charge in [-0.25, -0.2) is 8.42 Å². The standard InChI is InChI=1S/C14H17ClO2S/c1-10-2-4-12(5-3-10)18(16,17)13-9-14(15)7-6-11(13)8-14/h2-5,11,13H,6-9H2,1H3/t11-,13+,14+/m0/s1. The zero-order valence-electron chi connectivity index (χ0n) is 10.4. The van der Waals surface area contributed by atoms with Crippen molar-refractivity contribution in [1.82, 2.24) is 0 Å². The first-order valence-electron chi connectivity index (χ1n) is 6.40. The van der Waals surface area contributed by atoms with Gasteiger partial charge in [0.2, 0.25) is 0 Å². The fraction of sp³-hybridized carbons (Fsp3) is 0.571. The fourth-order valence-electron chi connectivity index (χ4n) is 3.41. The molecule has 0 aromatic heterocycles. The molecule has 1 aromatic rings. The van der Waals surface area contributed by atoms with Crippen LogP contribution in [-0.4, -0.2) is 18.5 Å². The van der Waals surface area contributed by atoms with Gasteiger partial charge in [-0.15, -0.1) is 11.6 Å². The fourth-order valence-corrected chi connectivity index (χ4v) is 6.12. The summed E-state index contributed by atoms with van der Waals surface area (Å²) in [6.45, 7) is 1.96. The first-order chi connectivity index (χ1) is 8.41. The van der Waals surface area contributed by atoms with E-state index < -0.39 is 9.84 Å². The summed E-state index contributed by atoms with van der Waals surface area (Å²) in [5, 5.41) is -0.272. The molecule has 2 nitrogen and oxygen atoms in total. The molecule has 2 aliphatic carbocycles. The summed E-state index contributed by atoms with van der Waals surface area (Å²) in [5.74, 6) is 0.258. The largest absolute Gasteiger partial charge is 0.223 e. The summed E-state index contributed by atoms with van der Waals surface area (Å²) < 4.78 is 25.2. The van der Waals surface area contributed by atoms with Gasteiger partial charge in [-0.1, -0.05) is 17.7 Å². The van der Waals surface area contributed by atoms with Crippen molar-refractivity contribution in [3.8, 4) is 0 Å². The van der Waals surface area contributed by atoms with Crippen LogP contribution in [0.3, 0.4) is 0 Å². The van der Waals surface area contributed by atoms with E-state index in [1.54, 1.807) is 12.1 Å². The lowest BCUT2D eigenvalue weighted by Crippen LogP contribution is -2.30. The van der Waals surface area contributed by atoms with Crippen molar-refractivity contribution in [2.75, 3.05) is 0 Å². The quantitative estimate of drug-likeness (QED) is 0.781.